The van der Waals surface area contributed by atoms with E-state index in [9.17, 15) is 0 Å². The first-order valence-corrected chi connectivity index (χ1v) is 8.93. The van der Waals surface area contributed by atoms with Crippen LogP contribution in [0.4, 0.5) is 5.69 Å². The van der Waals surface area contributed by atoms with Crippen LogP contribution in [0.25, 0.3) is 10.9 Å². The lowest BCUT2D eigenvalue weighted by Gasteiger charge is -2.37. The summed E-state index contributed by atoms with van der Waals surface area (Å²) in [5.41, 5.74) is 10.8. The van der Waals surface area contributed by atoms with Gasteiger partial charge in [0.2, 0.25) is 0 Å². The molecule has 4 rings (SSSR count). The number of pyridine rings is 1. The summed E-state index contributed by atoms with van der Waals surface area (Å²) in [7, 11) is 0. The molecule has 1 aliphatic rings. The van der Waals surface area contributed by atoms with Gasteiger partial charge in [-0.1, -0.05) is 48.5 Å². The number of nitrogens with two attached hydrogens (primary N) is 1. The van der Waals surface area contributed by atoms with Crippen molar-refractivity contribution in [1.29, 1.82) is 0 Å². The highest BCUT2D eigenvalue weighted by Gasteiger charge is 2.21. The molecule has 1 saturated heterocycles. The monoisotopic (exact) mass is 332 g/mol. The van der Waals surface area contributed by atoms with Crippen LogP contribution in [0.1, 0.15) is 11.1 Å². The second-order valence-corrected chi connectivity index (χ2v) is 6.60. The number of fused-ring (bicyclic) bond motifs is 1. The van der Waals surface area contributed by atoms with E-state index in [1.807, 2.05) is 12.3 Å². The summed E-state index contributed by atoms with van der Waals surface area (Å²) in [5.74, 6) is 0. The minimum atomic E-state index is 0.525. The maximum atomic E-state index is 6.00. The molecule has 0 bridgehead atoms. The Bertz CT molecular complexity index is 839. The summed E-state index contributed by atoms with van der Waals surface area (Å²) in [6, 6.07) is 19.1. The molecule has 0 saturated carbocycles. The van der Waals surface area contributed by atoms with Crippen molar-refractivity contribution in [3.05, 3.63) is 71.9 Å². The zero-order valence-electron chi connectivity index (χ0n) is 14.4. The smallest absolute Gasteiger partial charge is 0.0723 e. The van der Waals surface area contributed by atoms with Crippen molar-refractivity contribution in [3.63, 3.8) is 0 Å². The highest BCUT2D eigenvalue weighted by Crippen LogP contribution is 2.30. The third-order valence-corrected chi connectivity index (χ3v) is 4.98. The van der Waals surface area contributed by atoms with Crippen LogP contribution in [0, 0.1) is 0 Å². The fraction of sp³-hybridized carbons (Fsp3) is 0.286. The molecule has 3 aromatic rings. The minimum absolute atomic E-state index is 0.525. The molecule has 4 nitrogen and oxygen atoms in total. The zero-order chi connectivity index (χ0) is 17.1. The molecule has 1 fully saturated rings. The molecule has 0 radical (unpaired) electrons. The van der Waals surface area contributed by atoms with Gasteiger partial charge in [-0.15, -0.1) is 0 Å². The fourth-order valence-electron chi connectivity index (χ4n) is 3.66. The second kappa shape index (κ2) is 7.21. The van der Waals surface area contributed by atoms with E-state index in [2.05, 4.69) is 63.3 Å². The maximum absolute atomic E-state index is 6.00. The summed E-state index contributed by atoms with van der Waals surface area (Å²) in [6.07, 6.45) is 1.94. The van der Waals surface area contributed by atoms with Crippen LogP contribution in [-0.4, -0.2) is 36.1 Å². The SMILES string of the molecule is NCc1cnc2ccccc2c1N1CCN(Cc2ccccc2)CC1. The van der Waals surface area contributed by atoms with Gasteiger partial charge in [0.1, 0.15) is 0 Å². The van der Waals surface area contributed by atoms with Crippen LogP contribution in [0.5, 0.6) is 0 Å². The van der Waals surface area contributed by atoms with Crippen LogP contribution in [-0.2, 0) is 13.1 Å². The van der Waals surface area contributed by atoms with Gasteiger partial charge >= 0.3 is 0 Å². The summed E-state index contributed by atoms with van der Waals surface area (Å²) in [4.78, 5) is 9.57. The number of hydrogen-bond acceptors (Lipinski definition) is 4. The van der Waals surface area contributed by atoms with E-state index in [4.69, 9.17) is 5.73 Å². The van der Waals surface area contributed by atoms with E-state index in [1.165, 1.54) is 16.6 Å². The van der Waals surface area contributed by atoms with Gasteiger partial charge in [-0.2, -0.15) is 0 Å². The molecular formula is C21H24N4. The van der Waals surface area contributed by atoms with Crippen LogP contribution >= 0.6 is 0 Å². The number of benzene rings is 2. The lowest BCUT2D eigenvalue weighted by atomic mass is 10.1. The molecular weight excluding hydrogens is 308 g/mol. The van der Waals surface area contributed by atoms with Crippen molar-refractivity contribution in [2.24, 2.45) is 5.73 Å². The number of nitrogens with zero attached hydrogens (tertiary/aromatic N) is 3. The molecule has 0 atom stereocenters. The molecule has 0 amide bonds. The van der Waals surface area contributed by atoms with E-state index in [0.29, 0.717) is 6.54 Å². The summed E-state index contributed by atoms with van der Waals surface area (Å²) < 4.78 is 0. The van der Waals surface area contributed by atoms with Crippen molar-refractivity contribution in [2.75, 3.05) is 31.1 Å². The van der Waals surface area contributed by atoms with E-state index >= 15 is 0 Å². The predicted octanol–water partition coefficient (Wildman–Crippen LogP) is 3.02. The Labute approximate surface area is 148 Å². The van der Waals surface area contributed by atoms with Gasteiger partial charge in [0.05, 0.1) is 11.2 Å². The number of para-hydroxylation sites is 1. The Morgan fingerprint density at radius 1 is 0.880 bits per heavy atom. The summed E-state index contributed by atoms with van der Waals surface area (Å²) >= 11 is 0. The molecule has 0 spiro atoms. The topological polar surface area (TPSA) is 45.4 Å². The van der Waals surface area contributed by atoms with Gasteiger partial charge in [0.25, 0.3) is 0 Å². The van der Waals surface area contributed by atoms with Crippen LogP contribution < -0.4 is 10.6 Å². The first-order valence-electron chi connectivity index (χ1n) is 8.93. The molecule has 4 heteroatoms. The Morgan fingerprint density at radius 2 is 1.60 bits per heavy atom. The average molecular weight is 332 g/mol. The van der Waals surface area contributed by atoms with Crippen molar-refractivity contribution in [3.8, 4) is 0 Å². The molecule has 25 heavy (non-hydrogen) atoms. The Morgan fingerprint density at radius 3 is 2.36 bits per heavy atom. The number of anilines is 1. The first kappa shape index (κ1) is 16.1. The third-order valence-electron chi connectivity index (χ3n) is 4.98. The Balaban J connectivity index is 1.53. The van der Waals surface area contributed by atoms with Crippen molar-refractivity contribution >= 4 is 16.6 Å². The van der Waals surface area contributed by atoms with Gasteiger partial charge < -0.3 is 10.6 Å². The highest BCUT2D eigenvalue weighted by molar-refractivity contribution is 5.93. The largest absolute Gasteiger partial charge is 0.368 e. The molecule has 0 unspecified atom stereocenters. The molecule has 2 N–H and O–H groups in total. The van der Waals surface area contributed by atoms with Crippen molar-refractivity contribution < 1.29 is 0 Å². The molecule has 128 valence electrons. The fourth-order valence-corrected chi connectivity index (χ4v) is 3.66. The molecule has 1 aromatic heterocycles. The summed E-state index contributed by atoms with van der Waals surface area (Å²) in [6.45, 7) is 5.72. The average Bonchev–Trinajstić information content (AvgIpc) is 2.68. The normalized spacial score (nSPS) is 15.6. The van der Waals surface area contributed by atoms with Crippen LogP contribution in [0.2, 0.25) is 0 Å². The third kappa shape index (κ3) is 3.36. The number of hydrogen-bond donors (Lipinski definition) is 1. The van der Waals surface area contributed by atoms with E-state index < -0.39 is 0 Å². The van der Waals surface area contributed by atoms with Gasteiger partial charge in [-0.05, 0) is 11.6 Å². The summed E-state index contributed by atoms with van der Waals surface area (Å²) in [5, 5.41) is 1.21. The molecule has 0 aliphatic carbocycles. The van der Waals surface area contributed by atoms with Gasteiger partial charge in [-0.25, -0.2) is 0 Å². The second-order valence-electron chi connectivity index (χ2n) is 6.60. The number of aromatic nitrogens is 1. The Hall–Kier alpha value is -2.43. The number of rotatable bonds is 4. The standard InChI is InChI=1S/C21H24N4/c22-14-18-15-23-20-9-5-4-8-19(20)21(18)25-12-10-24(11-13-25)16-17-6-2-1-3-7-17/h1-9,15H,10-14,16,22H2. The van der Waals surface area contributed by atoms with Crippen molar-refractivity contribution in [2.45, 2.75) is 13.1 Å². The van der Waals surface area contributed by atoms with Crippen LogP contribution in [0.15, 0.2) is 60.8 Å². The highest BCUT2D eigenvalue weighted by atomic mass is 15.3. The minimum Gasteiger partial charge on any atom is -0.368 e. The number of piperazine rings is 1. The zero-order valence-corrected chi connectivity index (χ0v) is 14.4. The van der Waals surface area contributed by atoms with Gasteiger partial charge in [-0.3, -0.25) is 9.88 Å². The molecule has 1 aliphatic heterocycles. The van der Waals surface area contributed by atoms with Crippen molar-refractivity contribution in [1.82, 2.24) is 9.88 Å². The van der Waals surface area contributed by atoms with E-state index in [1.54, 1.807) is 0 Å². The lowest BCUT2D eigenvalue weighted by Crippen LogP contribution is -2.46. The first-order chi connectivity index (χ1) is 12.3. The predicted molar refractivity (Wildman–Crippen MR) is 104 cm³/mol. The van der Waals surface area contributed by atoms with E-state index in [-0.39, 0.29) is 0 Å². The lowest BCUT2D eigenvalue weighted by molar-refractivity contribution is 0.250. The van der Waals surface area contributed by atoms with Gasteiger partial charge in [0.15, 0.2) is 0 Å². The molecule has 2 aromatic carbocycles. The Kier molecular flexibility index (Phi) is 4.63. The maximum Gasteiger partial charge on any atom is 0.0723 e. The molecule has 2 heterocycles. The quantitative estimate of drug-likeness (QED) is 0.798. The van der Waals surface area contributed by atoms with Crippen LogP contribution in [0.3, 0.4) is 0 Å². The van der Waals surface area contributed by atoms with E-state index in [0.717, 1.165) is 43.8 Å². The van der Waals surface area contributed by atoms with Gasteiger partial charge in [0, 0.05) is 56.4 Å².